The van der Waals surface area contributed by atoms with Gasteiger partial charge in [-0.3, -0.25) is 0 Å². The first-order valence-electron chi connectivity index (χ1n) is 8.10. The molecule has 2 heteroatoms. The van der Waals surface area contributed by atoms with Gasteiger partial charge in [0.25, 0.3) is 0 Å². The van der Waals surface area contributed by atoms with E-state index in [1.54, 1.807) is 5.30 Å². The second kappa shape index (κ2) is 7.39. The summed E-state index contributed by atoms with van der Waals surface area (Å²) in [6.45, 7) is 3.52. The van der Waals surface area contributed by atoms with E-state index in [2.05, 4.69) is 104 Å². The van der Waals surface area contributed by atoms with Crippen molar-refractivity contribution in [3.8, 4) is 0 Å². The van der Waals surface area contributed by atoms with Crippen molar-refractivity contribution in [2.24, 2.45) is 0 Å². The van der Waals surface area contributed by atoms with Crippen LogP contribution in [0.2, 0.25) is 0 Å². The van der Waals surface area contributed by atoms with Crippen molar-refractivity contribution < 1.29 is 0 Å². The van der Waals surface area contributed by atoms with Crippen LogP contribution in [0.4, 0.5) is 0 Å². The minimum atomic E-state index is -1.48. The number of rotatable bonds is 5. The van der Waals surface area contributed by atoms with Crippen LogP contribution in [0.3, 0.4) is 0 Å². The van der Waals surface area contributed by atoms with Crippen LogP contribution in [-0.2, 0) is 0 Å². The standard InChI is InChI=1S/C21H24P2/c1-23(2,20-16-10-5-11-17-20)22-21(18-12-6-3-7-13-18)19-14-8-4-9-15-19/h3-17,21-23H,1-2H3. The van der Waals surface area contributed by atoms with E-state index in [9.17, 15) is 0 Å². The van der Waals surface area contributed by atoms with Gasteiger partial charge in [0.1, 0.15) is 0 Å². The summed E-state index contributed by atoms with van der Waals surface area (Å²) in [6.07, 6.45) is 0. The van der Waals surface area contributed by atoms with Gasteiger partial charge in [0.15, 0.2) is 0 Å². The molecule has 23 heavy (non-hydrogen) atoms. The molecule has 0 N–H and O–H groups in total. The van der Waals surface area contributed by atoms with Gasteiger partial charge in [-0.05, 0) is 0 Å². The van der Waals surface area contributed by atoms with E-state index in [0.29, 0.717) is 5.66 Å². The monoisotopic (exact) mass is 338 g/mol. The second-order valence-electron chi connectivity index (χ2n) is 6.39. The van der Waals surface area contributed by atoms with Crippen LogP contribution in [-0.4, -0.2) is 13.3 Å². The van der Waals surface area contributed by atoms with Gasteiger partial charge in [0.2, 0.25) is 0 Å². The Morgan fingerprint density at radius 1 is 0.609 bits per heavy atom. The fourth-order valence-electron chi connectivity index (χ4n) is 2.95. The van der Waals surface area contributed by atoms with E-state index in [-0.39, 0.29) is 0 Å². The molecule has 1 atom stereocenters. The summed E-state index contributed by atoms with van der Waals surface area (Å²) in [4.78, 5) is 0. The average molecular weight is 338 g/mol. The Kier molecular flexibility index (Phi) is 5.27. The summed E-state index contributed by atoms with van der Waals surface area (Å²) in [5.41, 5.74) is 3.38. The molecule has 0 fully saturated rings. The Hall–Kier alpha value is -1.48. The molecule has 0 radical (unpaired) electrons. The van der Waals surface area contributed by atoms with Crippen LogP contribution < -0.4 is 5.30 Å². The molecule has 0 aromatic heterocycles. The number of benzene rings is 3. The second-order valence-corrected chi connectivity index (χ2v) is 15.7. The van der Waals surface area contributed by atoms with E-state index in [4.69, 9.17) is 0 Å². The van der Waals surface area contributed by atoms with Crippen molar-refractivity contribution in [2.45, 2.75) is 5.66 Å². The Labute approximate surface area is 142 Å². The molecule has 3 aromatic rings. The molecule has 0 aliphatic carbocycles. The maximum atomic E-state index is 2.50. The molecular weight excluding hydrogens is 314 g/mol. The third kappa shape index (κ3) is 4.08. The zero-order valence-corrected chi connectivity index (χ0v) is 15.7. The minimum absolute atomic E-state index is 0.499. The zero-order chi connectivity index (χ0) is 16.1. The Balaban J connectivity index is 1.97. The first kappa shape index (κ1) is 16.4. The van der Waals surface area contributed by atoms with E-state index >= 15 is 0 Å². The van der Waals surface area contributed by atoms with Crippen molar-refractivity contribution in [3.63, 3.8) is 0 Å². The quantitative estimate of drug-likeness (QED) is 0.523. The van der Waals surface area contributed by atoms with Crippen LogP contribution in [0.25, 0.3) is 0 Å². The predicted molar refractivity (Wildman–Crippen MR) is 109 cm³/mol. The molecule has 3 rings (SSSR count). The van der Waals surface area contributed by atoms with Crippen LogP contribution in [0.1, 0.15) is 16.8 Å². The van der Waals surface area contributed by atoms with Gasteiger partial charge in [-0.15, -0.1) is 0 Å². The van der Waals surface area contributed by atoms with Crippen molar-refractivity contribution in [2.75, 3.05) is 13.3 Å². The molecule has 0 amide bonds. The van der Waals surface area contributed by atoms with Crippen LogP contribution in [0.5, 0.6) is 0 Å². The first-order valence-corrected chi connectivity index (χ1v) is 13.2. The van der Waals surface area contributed by atoms with E-state index in [0.717, 1.165) is 8.27 Å². The van der Waals surface area contributed by atoms with Gasteiger partial charge in [-0.1, -0.05) is 0 Å². The van der Waals surface area contributed by atoms with Gasteiger partial charge >= 0.3 is 142 Å². The topological polar surface area (TPSA) is 0 Å². The summed E-state index contributed by atoms with van der Waals surface area (Å²) >= 11 is 0. The Morgan fingerprint density at radius 3 is 1.43 bits per heavy atom. The molecule has 1 unspecified atom stereocenters. The molecule has 0 spiro atoms. The van der Waals surface area contributed by atoms with Crippen LogP contribution >= 0.6 is 15.2 Å². The van der Waals surface area contributed by atoms with E-state index in [1.165, 1.54) is 11.1 Å². The SMILES string of the molecule is C[PH](C)(PC(c1ccccc1)c1ccccc1)c1ccccc1. The molecule has 118 valence electrons. The normalized spacial score (nSPS) is 12.8. The first-order chi connectivity index (χ1) is 11.2. The van der Waals surface area contributed by atoms with Crippen molar-refractivity contribution >= 4 is 20.5 Å². The Bertz CT molecular complexity index is 682. The van der Waals surface area contributed by atoms with Crippen LogP contribution in [0.15, 0.2) is 91.0 Å². The number of hydrogen-bond donors (Lipinski definition) is 0. The van der Waals surface area contributed by atoms with Gasteiger partial charge < -0.3 is 0 Å². The van der Waals surface area contributed by atoms with Gasteiger partial charge in [0.05, 0.1) is 0 Å². The third-order valence-electron chi connectivity index (χ3n) is 4.27. The molecule has 0 nitrogen and oxygen atoms in total. The molecule has 0 bridgehead atoms. The summed E-state index contributed by atoms with van der Waals surface area (Å²) in [5.74, 6) is 0. The Morgan fingerprint density at radius 2 is 1.00 bits per heavy atom. The van der Waals surface area contributed by atoms with E-state index < -0.39 is 6.95 Å². The van der Waals surface area contributed by atoms with Crippen molar-refractivity contribution in [1.82, 2.24) is 0 Å². The maximum absolute atomic E-state index is 2.50. The zero-order valence-electron chi connectivity index (χ0n) is 13.7. The van der Waals surface area contributed by atoms with Crippen LogP contribution in [0, 0.1) is 0 Å². The summed E-state index contributed by atoms with van der Waals surface area (Å²) < 4.78 is 0. The summed E-state index contributed by atoms with van der Waals surface area (Å²) in [5, 5.41) is 1.55. The molecule has 0 heterocycles. The molecule has 0 aliphatic heterocycles. The predicted octanol–water partition coefficient (Wildman–Crippen LogP) is 5.70. The van der Waals surface area contributed by atoms with Gasteiger partial charge in [0, 0.05) is 0 Å². The molecule has 3 aromatic carbocycles. The molecule has 0 aliphatic rings. The summed E-state index contributed by atoms with van der Waals surface area (Å²) in [7, 11) is 0.921. The molecule has 0 saturated heterocycles. The summed E-state index contributed by atoms with van der Waals surface area (Å²) in [6, 6.07) is 33.0. The molecule has 0 saturated carbocycles. The van der Waals surface area contributed by atoms with Crippen molar-refractivity contribution in [1.29, 1.82) is 0 Å². The average Bonchev–Trinajstić information content (AvgIpc) is 2.62. The number of hydrogen-bond acceptors (Lipinski definition) is 0. The van der Waals surface area contributed by atoms with Gasteiger partial charge in [-0.2, -0.15) is 0 Å². The van der Waals surface area contributed by atoms with Gasteiger partial charge in [-0.25, -0.2) is 0 Å². The fraction of sp³-hybridized carbons (Fsp3) is 0.143. The van der Waals surface area contributed by atoms with Crippen molar-refractivity contribution in [3.05, 3.63) is 102 Å². The molecular formula is C21H24P2. The van der Waals surface area contributed by atoms with E-state index in [1.807, 2.05) is 0 Å². The fourth-order valence-corrected chi connectivity index (χ4v) is 9.75. The third-order valence-corrected chi connectivity index (χ3v) is 11.6.